The molecule has 0 spiro atoms. The van der Waals surface area contributed by atoms with Gasteiger partial charge in [0.05, 0.1) is 0 Å². The molecule has 2 aromatic carbocycles. The van der Waals surface area contributed by atoms with Gasteiger partial charge in [-0.15, -0.1) is 0 Å². The van der Waals surface area contributed by atoms with E-state index in [1.807, 2.05) is 19.9 Å². The van der Waals surface area contributed by atoms with Crippen molar-refractivity contribution in [3.8, 4) is 0 Å². The number of hydrogen-bond acceptors (Lipinski definition) is 3. The molecular weight excluding hydrogens is 303 g/mol. The Morgan fingerprint density at radius 1 is 1.05 bits per heavy atom. The molecule has 0 atom stereocenters. The van der Waals surface area contributed by atoms with Crippen molar-refractivity contribution < 1.29 is 17.2 Å². The minimum absolute atomic E-state index is 0.0411. The summed E-state index contributed by atoms with van der Waals surface area (Å²) in [6, 6.07) is 9.05. The van der Waals surface area contributed by atoms with Crippen LogP contribution in [0.25, 0.3) is 11.0 Å². The number of fused-ring (bicyclic) bond motifs is 1. The predicted octanol–water partition coefficient (Wildman–Crippen LogP) is 4.33. The Labute approximate surface area is 128 Å². The fraction of sp³-hybridized carbons (Fsp3) is 0.176. The maximum absolute atomic E-state index is 14.0. The van der Waals surface area contributed by atoms with Crippen LogP contribution in [0.15, 0.2) is 50.6 Å². The zero-order valence-corrected chi connectivity index (χ0v) is 13.3. The summed E-state index contributed by atoms with van der Waals surface area (Å²) >= 11 is 0. The summed E-state index contributed by atoms with van der Waals surface area (Å²) in [7, 11) is -3.99. The van der Waals surface area contributed by atoms with Gasteiger partial charge in [-0.25, -0.2) is 12.8 Å². The number of furan rings is 1. The molecule has 3 rings (SSSR count). The normalized spacial score (nSPS) is 12.0. The van der Waals surface area contributed by atoms with Crippen molar-refractivity contribution >= 4 is 20.8 Å². The molecule has 5 heteroatoms. The van der Waals surface area contributed by atoms with E-state index >= 15 is 0 Å². The molecule has 0 fully saturated rings. The fourth-order valence-electron chi connectivity index (χ4n) is 2.75. The predicted molar refractivity (Wildman–Crippen MR) is 82.3 cm³/mol. The number of aryl methyl sites for hydroxylation is 3. The highest BCUT2D eigenvalue weighted by molar-refractivity contribution is 7.91. The van der Waals surface area contributed by atoms with Crippen LogP contribution in [0.3, 0.4) is 0 Å². The smallest absolute Gasteiger partial charge is 0.213 e. The summed E-state index contributed by atoms with van der Waals surface area (Å²) in [5.74, 6) is -0.493. The molecule has 1 heterocycles. The third kappa shape index (κ3) is 2.13. The highest BCUT2D eigenvalue weighted by atomic mass is 32.2. The van der Waals surface area contributed by atoms with Gasteiger partial charge >= 0.3 is 0 Å². The van der Waals surface area contributed by atoms with E-state index in [1.165, 1.54) is 18.2 Å². The van der Waals surface area contributed by atoms with E-state index in [2.05, 4.69) is 0 Å². The molecule has 1 aromatic heterocycles. The number of benzene rings is 2. The van der Waals surface area contributed by atoms with Crippen molar-refractivity contribution in [2.75, 3.05) is 0 Å². The van der Waals surface area contributed by atoms with Gasteiger partial charge in [0, 0.05) is 5.39 Å². The fourth-order valence-corrected chi connectivity index (χ4v) is 4.42. The average Bonchev–Trinajstić information content (AvgIpc) is 2.76. The quantitative estimate of drug-likeness (QED) is 0.706. The van der Waals surface area contributed by atoms with Crippen LogP contribution in [-0.4, -0.2) is 8.42 Å². The van der Waals surface area contributed by atoms with Crippen molar-refractivity contribution in [3.63, 3.8) is 0 Å². The topological polar surface area (TPSA) is 47.3 Å². The first-order valence-corrected chi connectivity index (χ1v) is 8.30. The standard InChI is InChI=1S/C17H15FO3S/c1-10-8-11(2)16-13(9-10)17(12(3)21-16)22(19,20)15-7-5-4-6-14(15)18/h4-9H,1-3H3. The lowest BCUT2D eigenvalue weighted by Crippen LogP contribution is -2.05. The lowest BCUT2D eigenvalue weighted by Gasteiger charge is -2.05. The molecule has 0 saturated heterocycles. The summed E-state index contributed by atoms with van der Waals surface area (Å²) in [4.78, 5) is -0.292. The first kappa shape index (κ1) is 14.8. The highest BCUT2D eigenvalue weighted by Gasteiger charge is 2.29. The second-order valence-electron chi connectivity index (χ2n) is 5.38. The molecule has 0 amide bonds. The van der Waals surface area contributed by atoms with Crippen LogP contribution >= 0.6 is 0 Å². The van der Waals surface area contributed by atoms with Gasteiger partial charge in [0.2, 0.25) is 9.84 Å². The molecule has 0 saturated carbocycles. The van der Waals surface area contributed by atoms with E-state index in [0.29, 0.717) is 11.0 Å². The van der Waals surface area contributed by atoms with Crippen molar-refractivity contribution in [3.05, 3.63) is 59.1 Å². The van der Waals surface area contributed by atoms with Crippen LogP contribution < -0.4 is 0 Å². The summed E-state index contributed by atoms with van der Waals surface area (Å²) < 4.78 is 45.3. The van der Waals surface area contributed by atoms with Gasteiger partial charge in [0.25, 0.3) is 0 Å². The van der Waals surface area contributed by atoms with Gasteiger partial charge in [-0.1, -0.05) is 18.2 Å². The molecule has 3 nitrogen and oxygen atoms in total. The number of hydrogen-bond donors (Lipinski definition) is 0. The Morgan fingerprint density at radius 3 is 2.41 bits per heavy atom. The maximum Gasteiger partial charge on any atom is 0.213 e. The molecule has 114 valence electrons. The Morgan fingerprint density at radius 2 is 1.73 bits per heavy atom. The zero-order valence-electron chi connectivity index (χ0n) is 12.5. The molecular formula is C17H15FO3S. The second kappa shape index (κ2) is 4.95. The van der Waals surface area contributed by atoms with Crippen LogP contribution in [-0.2, 0) is 9.84 Å². The van der Waals surface area contributed by atoms with E-state index in [-0.39, 0.29) is 15.6 Å². The maximum atomic E-state index is 14.0. The third-order valence-corrected chi connectivity index (χ3v) is 5.59. The number of sulfone groups is 1. The molecule has 0 aliphatic rings. The second-order valence-corrected chi connectivity index (χ2v) is 7.23. The van der Waals surface area contributed by atoms with Gasteiger partial charge in [-0.2, -0.15) is 0 Å². The first-order valence-electron chi connectivity index (χ1n) is 6.82. The third-order valence-electron chi connectivity index (χ3n) is 3.63. The Hall–Kier alpha value is -2.14. The average molecular weight is 318 g/mol. The summed E-state index contributed by atoms with van der Waals surface area (Å²) in [5.41, 5.74) is 2.31. The molecule has 0 unspecified atom stereocenters. The van der Waals surface area contributed by atoms with Crippen LogP contribution in [0.4, 0.5) is 4.39 Å². The molecule has 0 radical (unpaired) electrons. The summed E-state index contributed by atoms with van der Waals surface area (Å²) in [5, 5.41) is 0.498. The number of halogens is 1. The molecule has 3 aromatic rings. The van der Waals surface area contributed by atoms with Gasteiger partial charge in [-0.3, -0.25) is 0 Å². The molecule has 0 N–H and O–H groups in total. The van der Waals surface area contributed by atoms with Gasteiger partial charge < -0.3 is 4.42 Å². The zero-order chi connectivity index (χ0) is 16.1. The SMILES string of the molecule is Cc1cc(C)c2oc(C)c(S(=O)(=O)c3ccccc3F)c2c1. The minimum Gasteiger partial charge on any atom is -0.460 e. The Balaban J connectivity index is 2.40. The van der Waals surface area contributed by atoms with Crippen molar-refractivity contribution in [1.82, 2.24) is 0 Å². The number of rotatable bonds is 2. The van der Waals surface area contributed by atoms with E-state index in [1.54, 1.807) is 13.0 Å². The Bertz CT molecular complexity index is 985. The van der Waals surface area contributed by atoms with Crippen molar-refractivity contribution in [2.24, 2.45) is 0 Å². The lowest BCUT2D eigenvalue weighted by molar-refractivity contribution is 0.549. The summed E-state index contributed by atoms with van der Waals surface area (Å²) in [6.07, 6.45) is 0. The van der Waals surface area contributed by atoms with Crippen molar-refractivity contribution in [1.29, 1.82) is 0 Å². The molecule has 22 heavy (non-hydrogen) atoms. The van der Waals surface area contributed by atoms with Crippen molar-refractivity contribution in [2.45, 2.75) is 30.6 Å². The van der Waals surface area contributed by atoms with E-state index in [4.69, 9.17) is 4.42 Å². The molecule has 0 aliphatic heterocycles. The van der Waals surface area contributed by atoms with Crippen LogP contribution in [0.2, 0.25) is 0 Å². The highest BCUT2D eigenvalue weighted by Crippen LogP contribution is 2.36. The van der Waals surface area contributed by atoms with Gasteiger partial charge in [0.1, 0.15) is 27.0 Å². The largest absolute Gasteiger partial charge is 0.460 e. The van der Waals surface area contributed by atoms with Gasteiger partial charge in [-0.05, 0) is 50.1 Å². The van der Waals surface area contributed by atoms with E-state index in [0.717, 1.165) is 17.2 Å². The molecule has 0 aliphatic carbocycles. The monoisotopic (exact) mass is 318 g/mol. The van der Waals surface area contributed by atoms with E-state index in [9.17, 15) is 12.8 Å². The first-order chi connectivity index (χ1) is 10.3. The van der Waals surface area contributed by atoms with E-state index < -0.39 is 15.7 Å². The van der Waals surface area contributed by atoms with Crippen LogP contribution in [0.1, 0.15) is 16.9 Å². The summed E-state index contributed by atoms with van der Waals surface area (Å²) in [6.45, 7) is 5.33. The van der Waals surface area contributed by atoms with Crippen LogP contribution in [0.5, 0.6) is 0 Å². The van der Waals surface area contributed by atoms with Gasteiger partial charge in [0.15, 0.2) is 0 Å². The minimum atomic E-state index is -3.99. The Kier molecular flexibility index (Phi) is 3.33. The van der Waals surface area contributed by atoms with Crippen LogP contribution in [0, 0.1) is 26.6 Å². The molecule has 0 bridgehead atoms. The lowest BCUT2D eigenvalue weighted by atomic mass is 10.1.